The normalized spacial score (nSPS) is 22.7. The van der Waals surface area contributed by atoms with Gasteiger partial charge in [-0.15, -0.1) is 0 Å². The van der Waals surface area contributed by atoms with Crippen LogP contribution < -0.4 is 0 Å². The van der Waals surface area contributed by atoms with Gasteiger partial charge in [0.25, 0.3) is 0 Å². The molecule has 1 aromatic rings. The number of aliphatic carboxylic acids is 1. The van der Waals surface area contributed by atoms with E-state index in [0.29, 0.717) is 13.2 Å². The van der Waals surface area contributed by atoms with Crippen molar-refractivity contribution in [3.8, 4) is 0 Å². The van der Waals surface area contributed by atoms with Crippen LogP contribution in [-0.2, 0) is 28.9 Å². The van der Waals surface area contributed by atoms with Crippen molar-refractivity contribution in [3.05, 3.63) is 34.9 Å². The molecule has 1 unspecified atom stereocenters. The number of carboxylic acid groups (broad SMARTS) is 1. The average Bonchev–Trinajstić information content (AvgIpc) is 2.88. The van der Waals surface area contributed by atoms with Crippen molar-refractivity contribution in [3.63, 3.8) is 0 Å². The fraction of sp³-hybridized carbons (Fsp3) is 0.562. The van der Waals surface area contributed by atoms with Gasteiger partial charge in [0.15, 0.2) is 0 Å². The maximum atomic E-state index is 10.9. The highest BCUT2D eigenvalue weighted by Crippen LogP contribution is 2.24. The first-order valence-electron chi connectivity index (χ1n) is 7.36. The van der Waals surface area contributed by atoms with E-state index in [1.165, 1.54) is 36.0 Å². The van der Waals surface area contributed by atoms with Crippen molar-refractivity contribution in [1.29, 1.82) is 0 Å². The van der Waals surface area contributed by atoms with Gasteiger partial charge in [0.05, 0.1) is 19.6 Å². The van der Waals surface area contributed by atoms with Gasteiger partial charge in [0.1, 0.15) is 0 Å². The number of nitrogens with zero attached hydrogens (tertiary/aromatic N) is 1. The molecule has 1 aliphatic heterocycles. The van der Waals surface area contributed by atoms with E-state index in [2.05, 4.69) is 23.1 Å². The minimum Gasteiger partial charge on any atom is -0.481 e. The van der Waals surface area contributed by atoms with Crippen LogP contribution >= 0.6 is 0 Å². The maximum Gasteiger partial charge on any atom is 0.305 e. The third-order valence-electron chi connectivity index (χ3n) is 4.31. The van der Waals surface area contributed by atoms with Gasteiger partial charge in [0, 0.05) is 19.1 Å². The predicted molar refractivity (Wildman–Crippen MR) is 75.7 cm³/mol. The molecule has 0 aromatic heterocycles. The standard InChI is InChI=1S/C16H21NO3/c18-16(19)9-15-11-20-7-6-17(15)10-12-4-5-13-2-1-3-14(13)8-12/h4-5,8,15H,1-3,6-7,9-11H2,(H,18,19). The molecule has 0 spiro atoms. The number of aryl methyl sites for hydroxylation is 2. The molecule has 108 valence electrons. The minimum atomic E-state index is -0.751. The van der Waals surface area contributed by atoms with Crippen LogP contribution in [0.15, 0.2) is 18.2 Å². The molecule has 3 rings (SSSR count). The molecule has 0 amide bonds. The Kier molecular flexibility index (Phi) is 4.03. The highest BCUT2D eigenvalue weighted by Gasteiger charge is 2.25. The van der Waals surface area contributed by atoms with Gasteiger partial charge in [-0.05, 0) is 36.0 Å². The number of hydrogen-bond acceptors (Lipinski definition) is 3. The van der Waals surface area contributed by atoms with Crippen molar-refractivity contribution in [1.82, 2.24) is 4.90 Å². The second kappa shape index (κ2) is 5.94. The Bertz CT molecular complexity index is 500. The average molecular weight is 275 g/mol. The van der Waals surface area contributed by atoms with Crippen LogP contribution in [0, 0.1) is 0 Å². The topological polar surface area (TPSA) is 49.8 Å². The number of ether oxygens (including phenoxy) is 1. The lowest BCUT2D eigenvalue weighted by atomic mass is 10.0. The molecule has 1 fully saturated rings. The van der Waals surface area contributed by atoms with Crippen LogP contribution in [0.3, 0.4) is 0 Å². The fourth-order valence-electron chi connectivity index (χ4n) is 3.24. The van der Waals surface area contributed by atoms with Crippen molar-refractivity contribution < 1.29 is 14.6 Å². The number of fused-ring (bicyclic) bond motifs is 1. The van der Waals surface area contributed by atoms with E-state index in [1.807, 2.05) is 0 Å². The highest BCUT2D eigenvalue weighted by atomic mass is 16.5. The van der Waals surface area contributed by atoms with Gasteiger partial charge in [-0.1, -0.05) is 18.2 Å². The zero-order valence-corrected chi connectivity index (χ0v) is 11.7. The molecule has 4 nitrogen and oxygen atoms in total. The van der Waals surface area contributed by atoms with Crippen LogP contribution in [0.1, 0.15) is 29.5 Å². The quantitative estimate of drug-likeness (QED) is 0.911. The number of hydrogen-bond donors (Lipinski definition) is 1. The first kappa shape index (κ1) is 13.6. The second-order valence-corrected chi connectivity index (χ2v) is 5.75. The summed E-state index contributed by atoms with van der Waals surface area (Å²) in [6.07, 6.45) is 3.81. The first-order valence-corrected chi connectivity index (χ1v) is 7.36. The van der Waals surface area contributed by atoms with E-state index in [1.54, 1.807) is 0 Å². The molecule has 1 atom stereocenters. The summed E-state index contributed by atoms with van der Waals surface area (Å²) >= 11 is 0. The molecule has 2 aliphatic rings. The molecule has 0 saturated carbocycles. The minimum absolute atomic E-state index is 0.00509. The molecule has 0 radical (unpaired) electrons. The zero-order chi connectivity index (χ0) is 13.9. The van der Waals surface area contributed by atoms with Gasteiger partial charge in [-0.25, -0.2) is 0 Å². The second-order valence-electron chi connectivity index (χ2n) is 5.75. The first-order chi connectivity index (χ1) is 9.72. The largest absolute Gasteiger partial charge is 0.481 e. The van der Waals surface area contributed by atoms with E-state index in [-0.39, 0.29) is 12.5 Å². The molecule has 1 N–H and O–H groups in total. The molecular formula is C16H21NO3. The third kappa shape index (κ3) is 3.02. The Labute approximate surface area is 119 Å². The van der Waals surface area contributed by atoms with E-state index in [4.69, 9.17) is 9.84 Å². The SMILES string of the molecule is O=C(O)CC1COCCN1Cc1ccc2c(c1)CCC2. The summed E-state index contributed by atoms with van der Waals surface area (Å²) in [5.74, 6) is -0.751. The lowest BCUT2D eigenvalue weighted by Crippen LogP contribution is -2.45. The van der Waals surface area contributed by atoms with E-state index in [0.717, 1.165) is 13.1 Å². The van der Waals surface area contributed by atoms with E-state index in [9.17, 15) is 4.79 Å². The summed E-state index contributed by atoms with van der Waals surface area (Å²) in [4.78, 5) is 13.2. The van der Waals surface area contributed by atoms with Gasteiger partial charge < -0.3 is 9.84 Å². The predicted octanol–water partition coefficient (Wildman–Crippen LogP) is 1.85. The summed E-state index contributed by atoms with van der Waals surface area (Å²) in [5, 5.41) is 8.99. The monoisotopic (exact) mass is 275 g/mol. The summed E-state index contributed by atoms with van der Waals surface area (Å²) < 4.78 is 5.42. The molecule has 1 aliphatic carbocycles. The van der Waals surface area contributed by atoms with Crippen molar-refractivity contribution >= 4 is 5.97 Å². The van der Waals surface area contributed by atoms with E-state index >= 15 is 0 Å². The Morgan fingerprint density at radius 2 is 2.20 bits per heavy atom. The molecule has 1 heterocycles. The summed E-state index contributed by atoms with van der Waals surface area (Å²) in [6, 6.07) is 6.73. The maximum absolute atomic E-state index is 10.9. The Morgan fingerprint density at radius 1 is 1.35 bits per heavy atom. The van der Waals surface area contributed by atoms with Crippen LogP contribution in [0.5, 0.6) is 0 Å². The molecule has 20 heavy (non-hydrogen) atoms. The van der Waals surface area contributed by atoms with Crippen LogP contribution in [0.4, 0.5) is 0 Å². The molecule has 4 heteroatoms. The van der Waals surface area contributed by atoms with Crippen LogP contribution in [0.2, 0.25) is 0 Å². The van der Waals surface area contributed by atoms with E-state index < -0.39 is 5.97 Å². The smallest absolute Gasteiger partial charge is 0.305 e. The Balaban J connectivity index is 1.70. The number of benzene rings is 1. The number of carboxylic acids is 1. The fourth-order valence-corrected chi connectivity index (χ4v) is 3.24. The number of rotatable bonds is 4. The zero-order valence-electron chi connectivity index (χ0n) is 11.7. The van der Waals surface area contributed by atoms with Gasteiger partial charge in [-0.3, -0.25) is 9.69 Å². The molecular weight excluding hydrogens is 254 g/mol. The van der Waals surface area contributed by atoms with Crippen molar-refractivity contribution in [2.24, 2.45) is 0 Å². The van der Waals surface area contributed by atoms with Gasteiger partial charge in [-0.2, -0.15) is 0 Å². The van der Waals surface area contributed by atoms with Gasteiger partial charge >= 0.3 is 5.97 Å². The molecule has 1 saturated heterocycles. The Hall–Kier alpha value is -1.39. The lowest BCUT2D eigenvalue weighted by molar-refractivity contribution is -0.140. The lowest BCUT2D eigenvalue weighted by Gasteiger charge is -2.34. The molecule has 1 aromatic carbocycles. The summed E-state index contributed by atoms with van der Waals surface area (Å²) in [5.41, 5.74) is 4.26. The highest BCUT2D eigenvalue weighted by molar-refractivity contribution is 5.67. The van der Waals surface area contributed by atoms with Crippen molar-refractivity contribution in [2.45, 2.75) is 38.3 Å². The summed E-state index contributed by atoms with van der Waals surface area (Å²) in [6.45, 7) is 2.86. The summed E-state index contributed by atoms with van der Waals surface area (Å²) in [7, 11) is 0. The molecule has 0 bridgehead atoms. The number of carbonyl (C=O) groups is 1. The van der Waals surface area contributed by atoms with Gasteiger partial charge in [0.2, 0.25) is 0 Å². The van der Waals surface area contributed by atoms with Crippen molar-refractivity contribution in [2.75, 3.05) is 19.8 Å². The van der Waals surface area contributed by atoms with Crippen LogP contribution in [0.25, 0.3) is 0 Å². The van der Waals surface area contributed by atoms with Crippen LogP contribution in [-0.4, -0.2) is 41.8 Å². The Morgan fingerprint density at radius 3 is 3.05 bits per heavy atom. The third-order valence-corrected chi connectivity index (χ3v) is 4.31. The number of morpholine rings is 1.